The van der Waals surface area contributed by atoms with Gasteiger partial charge in [-0.1, -0.05) is 62.8 Å². The number of allylic oxidation sites excluding steroid dienone is 3. The Balaban J connectivity index is 1.51. The van der Waals surface area contributed by atoms with Crippen LogP contribution in [0.1, 0.15) is 56.2 Å². The number of methoxy groups -OCH3 is 2. The van der Waals surface area contributed by atoms with Gasteiger partial charge in [0.25, 0.3) is 0 Å². The first-order chi connectivity index (χ1) is 30.9. The Kier molecular flexibility index (Phi) is 19.7. The molecule has 5 rings (SSSR count). The predicted molar refractivity (Wildman–Crippen MR) is 246 cm³/mol. The third-order valence-electron chi connectivity index (χ3n) is 11.2. The number of anilines is 1. The summed E-state index contributed by atoms with van der Waals surface area (Å²) in [6.07, 6.45) is 8.21. The summed E-state index contributed by atoms with van der Waals surface area (Å²) >= 11 is 0. The number of hydrogen-bond donors (Lipinski definition) is 1. The molecule has 2 aromatic carbocycles. The van der Waals surface area contributed by atoms with Crippen LogP contribution in [-0.4, -0.2) is 124 Å². The fourth-order valence-electron chi connectivity index (χ4n) is 7.76. The maximum absolute atomic E-state index is 12.1. The maximum Gasteiger partial charge on any atom is 0.303 e. The molecule has 0 saturated carbocycles. The first-order valence-corrected chi connectivity index (χ1v) is 23.3. The van der Waals surface area contributed by atoms with Gasteiger partial charge in [-0.15, -0.1) is 0 Å². The zero-order chi connectivity index (χ0) is 46.0. The van der Waals surface area contributed by atoms with Crippen LogP contribution >= 0.6 is 0 Å². The summed E-state index contributed by atoms with van der Waals surface area (Å²) in [5.74, 6) is 0.607. The number of fused-ring (bicyclic) bond motifs is 2. The third-order valence-corrected chi connectivity index (χ3v) is 12.0. The van der Waals surface area contributed by atoms with E-state index in [9.17, 15) is 17.8 Å². The highest BCUT2D eigenvalue weighted by molar-refractivity contribution is 7.85. The lowest BCUT2D eigenvalue weighted by molar-refractivity contribution is -0.137. The van der Waals surface area contributed by atoms with Gasteiger partial charge in [0, 0.05) is 66.7 Å². The van der Waals surface area contributed by atoms with E-state index in [1.54, 1.807) is 20.3 Å². The van der Waals surface area contributed by atoms with E-state index in [-0.39, 0.29) is 11.3 Å². The van der Waals surface area contributed by atoms with Crippen LogP contribution in [-0.2, 0) is 48.7 Å². The van der Waals surface area contributed by atoms with Crippen molar-refractivity contribution >= 4 is 27.9 Å². The molecule has 0 bridgehead atoms. The van der Waals surface area contributed by atoms with Crippen molar-refractivity contribution in [1.29, 1.82) is 0 Å². The molecule has 0 saturated heterocycles. The van der Waals surface area contributed by atoms with Gasteiger partial charge in [-0.2, -0.15) is 0 Å². The Morgan fingerprint density at radius 3 is 2.05 bits per heavy atom. The molecule has 0 aromatic heterocycles. The minimum Gasteiger partial charge on any atom is -0.744 e. The van der Waals surface area contributed by atoms with Crippen LogP contribution in [0.25, 0.3) is 28.7 Å². The van der Waals surface area contributed by atoms with Gasteiger partial charge in [0.05, 0.1) is 63.8 Å². The van der Waals surface area contributed by atoms with E-state index in [1.165, 1.54) is 12.1 Å². The van der Waals surface area contributed by atoms with Gasteiger partial charge in [-0.3, -0.25) is 4.79 Å². The van der Waals surface area contributed by atoms with Crippen molar-refractivity contribution in [2.24, 2.45) is 0 Å². The quantitative estimate of drug-likeness (QED) is 0.0362. The molecule has 2 aromatic rings. The van der Waals surface area contributed by atoms with Gasteiger partial charge in [-0.25, -0.2) is 13.0 Å². The summed E-state index contributed by atoms with van der Waals surface area (Å²) in [6.45, 7) is 12.8. The average Bonchev–Trinajstić information content (AvgIpc) is 3.48. The van der Waals surface area contributed by atoms with Crippen molar-refractivity contribution < 1.29 is 55.7 Å². The normalized spacial score (nSPS) is 14.3. The van der Waals surface area contributed by atoms with E-state index < -0.39 is 21.5 Å². The van der Waals surface area contributed by atoms with Crippen molar-refractivity contribution in [3.8, 4) is 22.6 Å². The Labute approximate surface area is 377 Å². The SMILES string of the molecule is COCCOCCOCC[N+](CCOCCOCCOC)=c1ccc2c(/C=C/C=C3\N(CCCCCC(=O)O)c4ccc(S(=O)(=O)[O-])cc4C3(C)C)c(C)c(-c3ccccc3)oc-2c1. The molecule has 348 valence electrons. The first kappa shape index (κ1) is 50.3. The molecule has 0 amide bonds. The van der Waals surface area contributed by atoms with E-state index in [4.69, 9.17) is 37.9 Å². The lowest BCUT2D eigenvalue weighted by atomic mass is 9.83. The molecule has 64 heavy (non-hydrogen) atoms. The van der Waals surface area contributed by atoms with Gasteiger partial charge in [-0.05, 0) is 61.2 Å². The monoisotopic (exact) mass is 904 g/mol. The lowest BCUT2D eigenvalue weighted by Gasteiger charge is -2.27. The summed E-state index contributed by atoms with van der Waals surface area (Å²) in [5, 5.41) is 10.1. The third kappa shape index (κ3) is 14.1. The topological polar surface area (TPSA) is 169 Å². The number of aliphatic carboxylic acids is 1. The van der Waals surface area contributed by atoms with Crippen molar-refractivity contribution in [2.75, 3.05) is 105 Å². The summed E-state index contributed by atoms with van der Waals surface area (Å²) in [4.78, 5) is 13.0. The Bertz CT molecular complexity index is 2300. The Morgan fingerprint density at radius 1 is 0.812 bits per heavy atom. The molecular weight excluding hydrogens is 841 g/mol. The van der Waals surface area contributed by atoms with Crippen LogP contribution in [0.15, 0.2) is 93.9 Å². The fraction of sp³-hybridized carbons (Fsp3) is 0.469. The molecule has 0 atom stereocenters. The highest BCUT2D eigenvalue weighted by Crippen LogP contribution is 2.48. The van der Waals surface area contributed by atoms with E-state index >= 15 is 0 Å². The predicted octanol–water partition coefficient (Wildman–Crippen LogP) is 6.74. The molecule has 2 heterocycles. The standard InChI is InChI=1S/C49H64N2O12S/c1-37-41(15-12-16-46-49(2,3)43-36-40(64(54,55)56)19-21-44(43)51(46)22-11-7-10-17-47(52)53)42-20-18-39(35-45(42)63-48(37)38-13-8-6-9-14-38)50(23-25-59-31-33-61-29-27-57-4)24-26-60-32-34-62-30-28-58-5/h6,8-9,12-16,18-21,35-36H,7,10-11,17,22-34H2,1-5H3,(H-,52,53,54,55,56). The van der Waals surface area contributed by atoms with E-state index in [0.29, 0.717) is 104 Å². The zero-order valence-corrected chi connectivity index (χ0v) is 38.7. The second-order valence-electron chi connectivity index (χ2n) is 16.0. The number of unbranched alkanes of at least 4 members (excludes halogenated alkanes) is 2. The lowest BCUT2D eigenvalue weighted by Crippen LogP contribution is -2.36. The van der Waals surface area contributed by atoms with Crippen LogP contribution in [0.5, 0.6) is 0 Å². The fourth-order valence-corrected chi connectivity index (χ4v) is 8.26. The molecule has 15 heteroatoms. The van der Waals surface area contributed by atoms with Crippen molar-refractivity contribution in [3.05, 3.63) is 107 Å². The summed E-state index contributed by atoms with van der Waals surface area (Å²) in [6, 6.07) is 20.8. The number of carboxylic acids is 1. The molecule has 1 aliphatic carbocycles. The second kappa shape index (κ2) is 25.1. The van der Waals surface area contributed by atoms with Crippen LogP contribution in [0.3, 0.4) is 0 Å². The Hall–Kier alpha value is -4.71. The molecule has 0 spiro atoms. The van der Waals surface area contributed by atoms with Crippen molar-refractivity contribution in [2.45, 2.75) is 56.8 Å². The minimum atomic E-state index is -4.68. The molecule has 0 fully saturated rings. The molecule has 3 aliphatic rings. The van der Waals surface area contributed by atoms with Crippen LogP contribution in [0.4, 0.5) is 5.69 Å². The number of carbonyl (C=O) groups is 1. The highest BCUT2D eigenvalue weighted by atomic mass is 32.2. The Morgan fingerprint density at radius 2 is 1.44 bits per heavy atom. The summed E-state index contributed by atoms with van der Waals surface area (Å²) in [7, 11) is -1.39. The molecule has 0 unspecified atom stereocenters. The number of nitrogens with zero attached hydrogens (tertiary/aromatic N) is 2. The second-order valence-corrected chi connectivity index (χ2v) is 17.3. The minimum absolute atomic E-state index is 0.0972. The number of ether oxygens (including phenoxy) is 6. The van der Waals surface area contributed by atoms with E-state index in [0.717, 1.165) is 56.7 Å². The van der Waals surface area contributed by atoms with Crippen LogP contribution in [0.2, 0.25) is 0 Å². The number of benzene rings is 3. The summed E-state index contributed by atoms with van der Waals surface area (Å²) in [5.41, 5.74) is 5.60. The molecular formula is C49H64N2O12S. The van der Waals surface area contributed by atoms with Gasteiger partial charge in [0.15, 0.2) is 13.1 Å². The largest absolute Gasteiger partial charge is 0.744 e. The molecule has 1 N–H and O–H groups in total. The smallest absolute Gasteiger partial charge is 0.303 e. The zero-order valence-electron chi connectivity index (χ0n) is 37.8. The highest BCUT2D eigenvalue weighted by Gasteiger charge is 2.40. The van der Waals surface area contributed by atoms with E-state index in [2.05, 4.69) is 40.7 Å². The number of rotatable bonds is 28. The van der Waals surface area contributed by atoms with Gasteiger partial charge in [0.1, 0.15) is 34.9 Å². The van der Waals surface area contributed by atoms with Crippen LogP contribution in [0, 0.1) is 6.92 Å². The van der Waals surface area contributed by atoms with Gasteiger partial charge < -0.3 is 47.4 Å². The summed E-state index contributed by atoms with van der Waals surface area (Å²) < 4.78 is 78.4. The van der Waals surface area contributed by atoms with Crippen molar-refractivity contribution in [3.63, 3.8) is 0 Å². The number of hydrogen-bond acceptors (Lipinski definition) is 12. The number of carboxylic acid groups (broad SMARTS) is 1. The molecule has 2 aliphatic heterocycles. The van der Waals surface area contributed by atoms with Gasteiger partial charge >= 0.3 is 5.97 Å². The van der Waals surface area contributed by atoms with Gasteiger partial charge in [0.2, 0.25) is 5.36 Å². The maximum atomic E-state index is 12.1. The first-order valence-electron chi connectivity index (χ1n) is 21.8. The van der Waals surface area contributed by atoms with Crippen LogP contribution < -0.4 is 14.8 Å². The van der Waals surface area contributed by atoms with E-state index in [1.807, 2.05) is 56.3 Å². The molecule has 14 nitrogen and oxygen atoms in total. The van der Waals surface area contributed by atoms with Crippen molar-refractivity contribution in [1.82, 2.24) is 4.58 Å². The molecule has 0 radical (unpaired) electrons. The average molecular weight is 905 g/mol.